The van der Waals surface area contributed by atoms with Crippen molar-refractivity contribution in [1.29, 1.82) is 0 Å². The molecule has 0 aliphatic carbocycles. The molecule has 5 heteroatoms. The lowest BCUT2D eigenvalue weighted by Gasteiger charge is -2.47. The van der Waals surface area contributed by atoms with Crippen molar-refractivity contribution in [2.24, 2.45) is 11.8 Å². The molecule has 2 rings (SSSR count). The summed E-state index contributed by atoms with van der Waals surface area (Å²) in [6.07, 6.45) is -0.272. The third-order valence-electron chi connectivity index (χ3n) is 6.28. The fraction of sp³-hybridized carbons (Fsp3) is 0.600. The number of carbonyl (C=O) groups excluding carboxylic acids is 2. The van der Waals surface area contributed by atoms with Crippen molar-refractivity contribution in [3.63, 3.8) is 0 Å². The summed E-state index contributed by atoms with van der Waals surface area (Å²) in [6, 6.07) is 8.64. The molecule has 3 atom stereocenters. The second-order valence-corrected chi connectivity index (χ2v) is 13.0. The maximum Gasteiger partial charge on any atom is 0.228 e. The van der Waals surface area contributed by atoms with E-state index in [-0.39, 0.29) is 22.8 Å². The number of nitrogens with one attached hydrogen (secondary N) is 1. The Morgan fingerprint density at radius 3 is 2.20 bits per heavy atom. The SMILES string of the molecule is CC(C)C(C)(C)[Si](C)(C)O[C@H](C)[C@H]1C(=O)N[C@@H]1C(=O)c1ccccc1. The first kappa shape index (κ1) is 19.9. The predicted octanol–water partition coefficient (Wildman–Crippen LogP) is 4.03. The van der Waals surface area contributed by atoms with E-state index in [2.05, 4.69) is 46.1 Å². The Balaban J connectivity index is 2.14. The third-order valence-corrected chi connectivity index (χ3v) is 10.9. The molecule has 1 aliphatic heterocycles. The summed E-state index contributed by atoms with van der Waals surface area (Å²) in [7, 11) is -2.07. The molecule has 1 aromatic rings. The fourth-order valence-corrected chi connectivity index (χ4v) is 6.04. The summed E-state index contributed by atoms with van der Waals surface area (Å²) in [6.45, 7) is 15.2. The lowest BCUT2D eigenvalue weighted by Crippen LogP contribution is -2.66. The zero-order valence-corrected chi connectivity index (χ0v) is 17.4. The summed E-state index contributed by atoms with van der Waals surface area (Å²) < 4.78 is 6.48. The number of Topliss-reactive ketones (excluding diaryl/α,β-unsaturated/α-hetero) is 1. The van der Waals surface area contributed by atoms with Crippen LogP contribution in [0.15, 0.2) is 30.3 Å². The second-order valence-electron chi connectivity index (χ2n) is 8.45. The van der Waals surface area contributed by atoms with Crippen LogP contribution in [0.2, 0.25) is 18.1 Å². The van der Waals surface area contributed by atoms with Gasteiger partial charge in [-0.25, -0.2) is 0 Å². The highest BCUT2D eigenvalue weighted by Crippen LogP contribution is 2.45. The van der Waals surface area contributed by atoms with Gasteiger partial charge in [-0.05, 0) is 31.0 Å². The molecule has 25 heavy (non-hydrogen) atoms. The highest BCUT2D eigenvalue weighted by molar-refractivity contribution is 6.74. The van der Waals surface area contributed by atoms with Crippen molar-refractivity contribution in [2.75, 3.05) is 0 Å². The molecule has 1 aromatic carbocycles. The van der Waals surface area contributed by atoms with Gasteiger partial charge >= 0.3 is 0 Å². The second kappa shape index (κ2) is 7.04. The van der Waals surface area contributed by atoms with Crippen molar-refractivity contribution in [2.45, 2.75) is 64.9 Å². The first-order chi connectivity index (χ1) is 11.5. The number of hydrogen-bond acceptors (Lipinski definition) is 3. The first-order valence-corrected chi connectivity index (χ1v) is 12.0. The van der Waals surface area contributed by atoms with Gasteiger partial charge in [0.25, 0.3) is 0 Å². The minimum absolute atomic E-state index is 0.0387. The molecule has 0 bridgehead atoms. The average Bonchev–Trinajstić information content (AvgIpc) is 2.51. The van der Waals surface area contributed by atoms with E-state index in [1.807, 2.05) is 25.1 Å². The van der Waals surface area contributed by atoms with Gasteiger partial charge < -0.3 is 9.74 Å². The van der Waals surface area contributed by atoms with E-state index in [9.17, 15) is 9.59 Å². The van der Waals surface area contributed by atoms with Gasteiger partial charge in [0, 0.05) is 5.56 Å². The normalized spacial score (nSPS) is 22.3. The van der Waals surface area contributed by atoms with Crippen LogP contribution in [0.1, 0.15) is 45.0 Å². The smallest absolute Gasteiger partial charge is 0.228 e. The Morgan fingerprint density at radius 2 is 1.72 bits per heavy atom. The largest absolute Gasteiger partial charge is 0.413 e. The zero-order chi connectivity index (χ0) is 19.0. The van der Waals surface area contributed by atoms with E-state index in [1.54, 1.807) is 12.1 Å². The molecule has 1 fully saturated rings. The third kappa shape index (κ3) is 3.72. The Hall–Kier alpha value is -1.46. The number of β-lactam (4-membered cyclic amide) rings is 1. The van der Waals surface area contributed by atoms with E-state index in [0.29, 0.717) is 11.5 Å². The molecule has 0 aromatic heterocycles. The highest BCUT2D eigenvalue weighted by atomic mass is 28.4. The van der Waals surface area contributed by atoms with Gasteiger partial charge in [0.05, 0.1) is 12.0 Å². The van der Waals surface area contributed by atoms with Crippen LogP contribution in [-0.2, 0) is 9.22 Å². The van der Waals surface area contributed by atoms with Crippen molar-refractivity contribution < 1.29 is 14.0 Å². The van der Waals surface area contributed by atoms with Crippen molar-refractivity contribution >= 4 is 20.0 Å². The van der Waals surface area contributed by atoms with Gasteiger partial charge in [0.1, 0.15) is 6.04 Å². The number of amides is 1. The molecule has 1 N–H and O–H groups in total. The van der Waals surface area contributed by atoms with Crippen molar-refractivity contribution in [3.05, 3.63) is 35.9 Å². The summed E-state index contributed by atoms with van der Waals surface area (Å²) in [5, 5.41) is 2.84. The van der Waals surface area contributed by atoms with E-state index in [1.165, 1.54) is 0 Å². The van der Waals surface area contributed by atoms with E-state index in [0.717, 1.165) is 0 Å². The standard InChI is InChI=1S/C20H31NO3Si/c1-13(2)20(4,5)25(6,7)24-14(3)16-17(21-19(16)23)18(22)15-11-9-8-10-12-15/h8-14,16-17H,1-7H3,(H,21,23)/t14-,16-,17+/m1/s1. The Labute approximate surface area is 152 Å². The molecule has 4 nitrogen and oxygen atoms in total. The quantitative estimate of drug-likeness (QED) is 0.453. The van der Waals surface area contributed by atoms with Crippen molar-refractivity contribution in [1.82, 2.24) is 5.32 Å². The molecule has 138 valence electrons. The molecule has 0 unspecified atom stereocenters. The molecule has 0 radical (unpaired) electrons. The van der Waals surface area contributed by atoms with Gasteiger partial charge in [-0.15, -0.1) is 0 Å². The van der Waals surface area contributed by atoms with Crippen LogP contribution in [0.5, 0.6) is 0 Å². The average molecular weight is 362 g/mol. The molecule has 0 spiro atoms. The van der Waals surface area contributed by atoms with Crippen molar-refractivity contribution in [3.8, 4) is 0 Å². The topological polar surface area (TPSA) is 55.4 Å². The van der Waals surface area contributed by atoms with E-state index >= 15 is 0 Å². The minimum atomic E-state index is -2.07. The monoisotopic (exact) mass is 361 g/mol. The summed E-state index contributed by atoms with van der Waals surface area (Å²) >= 11 is 0. The molecular formula is C20H31NO3Si. The van der Waals surface area contributed by atoms with Gasteiger partial charge in [0.15, 0.2) is 14.1 Å². The number of carbonyl (C=O) groups is 2. The predicted molar refractivity (Wildman–Crippen MR) is 103 cm³/mol. The summed E-state index contributed by atoms with van der Waals surface area (Å²) in [5.41, 5.74) is 0.628. The number of benzene rings is 1. The summed E-state index contributed by atoms with van der Waals surface area (Å²) in [5.74, 6) is -0.0575. The number of ketones is 1. The molecule has 1 saturated heterocycles. The lowest BCUT2D eigenvalue weighted by atomic mass is 9.81. The van der Waals surface area contributed by atoms with Gasteiger partial charge in [-0.1, -0.05) is 58.0 Å². The van der Waals surface area contributed by atoms with E-state index < -0.39 is 20.3 Å². The van der Waals surface area contributed by atoms with Crippen LogP contribution in [0, 0.1) is 11.8 Å². The molecular weight excluding hydrogens is 330 g/mol. The van der Waals surface area contributed by atoms with Crippen LogP contribution < -0.4 is 5.32 Å². The lowest BCUT2D eigenvalue weighted by molar-refractivity contribution is -0.138. The van der Waals surface area contributed by atoms with Crippen LogP contribution >= 0.6 is 0 Å². The molecule has 0 saturated carbocycles. The van der Waals surface area contributed by atoms with Crippen LogP contribution in [0.4, 0.5) is 0 Å². The maximum atomic E-state index is 12.7. The molecule has 1 heterocycles. The van der Waals surface area contributed by atoms with Crippen LogP contribution in [0.3, 0.4) is 0 Å². The van der Waals surface area contributed by atoms with Gasteiger partial charge in [0.2, 0.25) is 5.91 Å². The zero-order valence-electron chi connectivity index (χ0n) is 16.4. The molecule has 1 aliphatic rings. The van der Waals surface area contributed by atoms with E-state index in [4.69, 9.17) is 4.43 Å². The van der Waals surface area contributed by atoms with Gasteiger partial charge in [-0.2, -0.15) is 0 Å². The Kier molecular flexibility index (Phi) is 5.59. The Bertz CT molecular complexity index is 640. The first-order valence-electron chi connectivity index (χ1n) is 9.06. The fourth-order valence-electron chi connectivity index (χ4n) is 3.27. The number of rotatable bonds is 7. The Morgan fingerprint density at radius 1 is 1.16 bits per heavy atom. The maximum absolute atomic E-state index is 12.7. The van der Waals surface area contributed by atoms with Crippen LogP contribution in [-0.4, -0.2) is 32.2 Å². The number of hydrogen-bond donors (Lipinski definition) is 1. The molecule has 1 amide bonds. The summed E-state index contributed by atoms with van der Waals surface area (Å²) in [4.78, 5) is 24.9. The van der Waals surface area contributed by atoms with Crippen LogP contribution in [0.25, 0.3) is 0 Å². The highest BCUT2D eigenvalue weighted by Gasteiger charge is 2.51. The van der Waals surface area contributed by atoms with Gasteiger partial charge in [-0.3, -0.25) is 9.59 Å². The minimum Gasteiger partial charge on any atom is -0.413 e.